The van der Waals surface area contributed by atoms with Crippen molar-refractivity contribution in [3.63, 3.8) is 0 Å². The molecule has 122 valence electrons. The van der Waals surface area contributed by atoms with Crippen molar-refractivity contribution in [3.8, 4) is 5.75 Å². The Balaban J connectivity index is 1.95. The molecule has 0 bridgehead atoms. The lowest BCUT2D eigenvalue weighted by Gasteiger charge is -2.30. The van der Waals surface area contributed by atoms with Gasteiger partial charge in [-0.25, -0.2) is 0 Å². The molecule has 23 heavy (non-hydrogen) atoms. The Bertz CT molecular complexity index is 642. The van der Waals surface area contributed by atoms with E-state index >= 15 is 0 Å². The number of likely N-dealkylation sites (N-methyl/N-ethyl adjacent to an activating group) is 1. The molecule has 0 unspecified atom stereocenters. The minimum absolute atomic E-state index is 0.0680. The lowest BCUT2D eigenvalue weighted by atomic mass is 10.1. The summed E-state index contributed by atoms with van der Waals surface area (Å²) in [6, 6.07) is 10.9. The summed E-state index contributed by atoms with van der Waals surface area (Å²) in [5.74, 6) is 0.553. The number of carbonyl (C=O) groups excluding carboxylic acids is 1. The SMILES string of the molecule is CN(CCc1ccncc1)C(=O)C(C)(C)Oc1ccc(Cl)cc1. The van der Waals surface area contributed by atoms with Crippen LogP contribution < -0.4 is 4.74 Å². The van der Waals surface area contributed by atoms with Gasteiger partial charge in [0.05, 0.1) is 0 Å². The highest BCUT2D eigenvalue weighted by molar-refractivity contribution is 6.30. The number of amides is 1. The van der Waals surface area contributed by atoms with E-state index in [1.165, 1.54) is 0 Å². The topological polar surface area (TPSA) is 42.4 Å². The zero-order valence-electron chi connectivity index (χ0n) is 13.6. The molecule has 0 radical (unpaired) electrons. The molecule has 5 heteroatoms. The van der Waals surface area contributed by atoms with Gasteiger partial charge in [0.15, 0.2) is 5.60 Å². The molecule has 0 fully saturated rings. The van der Waals surface area contributed by atoms with Crippen LogP contribution in [0.15, 0.2) is 48.8 Å². The number of hydrogen-bond donors (Lipinski definition) is 0. The van der Waals surface area contributed by atoms with Gasteiger partial charge in [-0.05, 0) is 62.2 Å². The first-order chi connectivity index (χ1) is 10.9. The number of aromatic nitrogens is 1. The van der Waals surface area contributed by atoms with E-state index in [4.69, 9.17) is 16.3 Å². The number of carbonyl (C=O) groups is 1. The molecule has 0 aliphatic rings. The first-order valence-electron chi connectivity index (χ1n) is 7.47. The van der Waals surface area contributed by atoms with Crippen LogP contribution in [-0.4, -0.2) is 35.0 Å². The summed E-state index contributed by atoms with van der Waals surface area (Å²) in [7, 11) is 1.79. The number of rotatable bonds is 6. The summed E-state index contributed by atoms with van der Waals surface area (Å²) in [4.78, 5) is 18.3. The summed E-state index contributed by atoms with van der Waals surface area (Å²) >= 11 is 5.86. The largest absolute Gasteiger partial charge is 0.478 e. The second-order valence-electron chi connectivity index (χ2n) is 5.90. The number of benzene rings is 1. The summed E-state index contributed by atoms with van der Waals surface area (Å²) < 4.78 is 5.83. The molecule has 1 aromatic carbocycles. The van der Waals surface area contributed by atoms with Gasteiger partial charge in [-0.15, -0.1) is 0 Å². The minimum Gasteiger partial charge on any atom is -0.478 e. The van der Waals surface area contributed by atoms with Crippen molar-refractivity contribution in [2.75, 3.05) is 13.6 Å². The molecule has 0 atom stereocenters. The van der Waals surface area contributed by atoms with Crippen LogP contribution in [0.5, 0.6) is 5.75 Å². The van der Waals surface area contributed by atoms with Crippen LogP contribution in [0.3, 0.4) is 0 Å². The smallest absolute Gasteiger partial charge is 0.265 e. The van der Waals surface area contributed by atoms with Crippen LogP contribution in [0.2, 0.25) is 5.02 Å². The van der Waals surface area contributed by atoms with Crippen molar-refractivity contribution in [2.45, 2.75) is 25.9 Å². The molecule has 1 amide bonds. The van der Waals surface area contributed by atoms with Gasteiger partial charge >= 0.3 is 0 Å². The molecule has 4 nitrogen and oxygen atoms in total. The van der Waals surface area contributed by atoms with Crippen molar-refractivity contribution < 1.29 is 9.53 Å². The lowest BCUT2D eigenvalue weighted by molar-refractivity contribution is -0.144. The van der Waals surface area contributed by atoms with Gasteiger partial charge in [0, 0.05) is 31.0 Å². The van der Waals surface area contributed by atoms with Crippen molar-refractivity contribution in [3.05, 3.63) is 59.4 Å². The third kappa shape index (κ3) is 4.96. The molecular formula is C18H21ClN2O2. The lowest BCUT2D eigenvalue weighted by Crippen LogP contribution is -2.47. The maximum Gasteiger partial charge on any atom is 0.265 e. The van der Waals surface area contributed by atoms with Crippen LogP contribution in [0.25, 0.3) is 0 Å². The van der Waals surface area contributed by atoms with Crippen LogP contribution in [0.1, 0.15) is 19.4 Å². The van der Waals surface area contributed by atoms with E-state index in [2.05, 4.69) is 4.98 Å². The Morgan fingerprint density at radius 2 is 1.78 bits per heavy atom. The average molecular weight is 333 g/mol. The molecular weight excluding hydrogens is 312 g/mol. The molecule has 0 aliphatic heterocycles. The van der Waals surface area contributed by atoms with Gasteiger partial charge in [-0.3, -0.25) is 9.78 Å². The Morgan fingerprint density at radius 1 is 1.17 bits per heavy atom. The monoisotopic (exact) mass is 332 g/mol. The zero-order valence-corrected chi connectivity index (χ0v) is 14.4. The third-order valence-corrected chi connectivity index (χ3v) is 3.79. The fraction of sp³-hybridized carbons (Fsp3) is 0.333. The molecule has 1 heterocycles. The van der Waals surface area contributed by atoms with Crippen LogP contribution in [-0.2, 0) is 11.2 Å². The second kappa shape index (κ2) is 7.47. The van der Waals surface area contributed by atoms with Gasteiger partial charge in [-0.2, -0.15) is 0 Å². The standard InChI is InChI=1S/C18H21ClN2O2/c1-18(2,23-16-6-4-15(19)5-7-16)17(22)21(3)13-10-14-8-11-20-12-9-14/h4-9,11-12H,10,13H2,1-3H3. The number of ether oxygens (including phenoxy) is 1. The maximum absolute atomic E-state index is 12.6. The molecule has 0 N–H and O–H groups in total. The molecule has 0 aliphatic carbocycles. The summed E-state index contributed by atoms with van der Waals surface area (Å²) in [6.07, 6.45) is 4.29. The fourth-order valence-electron chi connectivity index (χ4n) is 2.25. The predicted octanol–water partition coefficient (Wildman–Crippen LogP) is 3.59. The van der Waals surface area contributed by atoms with Crippen LogP contribution in [0.4, 0.5) is 0 Å². The molecule has 1 aromatic heterocycles. The predicted molar refractivity (Wildman–Crippen MR) is 91.7 cm³/mol. The van der Waals surface area contributed by atoms with Crippen molar-refractivity contribution in [1.29, 1.82) is 0 Å². The van der Waals surface area contributed by atoms with E-state index in [1.54, 1.807) is 62.5 Å². The number of pyridine rings is 1. The maximum atomic E-state index is 12.6. The highest BCUT2D eigenvalue weighted by atomic mass is 35.5. The van der Waals surface area contributed by atoms with E-state index in [0.717, 1.165) is 12.0 Å². The minimum atomic E-state index is -0.944. The van der Waals surface area contributed by atoms with Gasteiger partial charge in [0.1, 0.15) is 5.75 Å². The van der Waals surface area contributed by atoms with Gasteiger partial charge < -0.3 is 9.64 Å². The average Bonchev–Trinajstić information content (AvgIpc) is 2.55. The highest BCUT2D eigenvalue weighted by Crippen LogP contribution is 2.22. The van der Waals surface area contributed by atoms with E-state index in [1.807, 2.05) is 12.1 Å². The Kier molecular flexibility index (Phi) is 5.61. The van der Waals surface area contributed by atoms with Crippen LogP contribution in [0, 0.1) is 0 Å². The third-order valence-electron chi connectivity index (χ3n) is 3.53. The van der Waals surface area contributed by atoms with Gasteiger partial charge in [0.25, 0.3) is 5.91 Å². The van der Waals surface area contributed by atoms with E-state index in [9.17, 15) is 4.79 Å². The number of hydrogen-bond acceptors (Lipinski definition) is 3. The summed E-state index contributed by atoms with van der Waals surface area (Å²) in [5, 5.41) is 0.635. The summed E-state index contributed by atoms with van der Waals surface area (Å²) in [5.41, 5.74) is 0.206. The molecule has 0 saturated heterocycles. The number of halogens is 1. The molecule has 2 aromatic rings. The Hall–Kier alpha value is -2.07. The quantitative estimate of drug-likeness (QED) is 0.811. The van der Waals surface area contributed by atoms with Crippen molar-refractivity contribution >= 4 is 17.5 Å². The first kappa shape index (κ1) is 17.3. The van der Waals surface area contributed by atoms with Crippen molar-refractivity contribution in [2.24, 2.45) is 0 Å². The second-order valence-corrected chi connectivity index (χ2v) is 6.33. The van der Waals surface area contributed by atoms with Gasteiger partial charge in [-0.1, -0.05) is 11.6 Å². The van der Waals surface area contributed by atoms with E-state index in [-0.39, 0.29) is 5.91 Å². The Labute approximate surface area is 142 Å². The van der Waals surface area contributed by atoms with E-state index < -0.39 is 5.60 Å². The number of nitrogens with zero attached hydrogens (tertiary/aromatic N) is 2. The molecule has 0 spiro atoms. The van der Waals surface area contributed by atoms with E-state index in [0.29, 0.717) is 17.3 Å². The Morgan fingerprint density at radius 3 is 2.39 bits per heavy atom. The normalized spacial score (nSPS) is 11.1. The van der Waals surface area contributed by atoms with Gasteiger partial charge in [0.2, 0.25) is 0 Å². The highest BCUT2D eigenvalue weighted by Gasteiger charge is 2.32. The first-order valence-corrected chi connectivity index (χ1v) is 7.85. The zero-order chi connectivity index (χ0) is 16.9. The van der Waals surface area contributed by atoms with Crippen molar-refractivity contribution in [1.82, 2.24) is 9.88 Å². The molecule has 0 saturated carbocycles. The molecule has 2 rings (SSSR count). The van der Waals surface area contributed by atoms with Crippen LogP contribution >= 0.6 is 11.6 Å². The fourth-order valence-corrected chi connectivity index (χ4v) is 2.37. The summed E-state index contributed by atoms with van der Waals surface area (Å²) in [6.45, 7) is 4.16.